The Morgan fingerprint density at radius 3 is 2.54 bits per heavy atom. The highest BCUT2D eigenvalue weighted by Crippen LogP contribution is 2.19. The largest absolute Gasteiger partial charge is 0.330 e. The zero-order valence-corrected chi connectivity index (χ0v) is 8.89. The van der Waals surface area contributed by atoms with Crippen molar-refractivity contribution in [3.63, 3.8) is 0 Å². The molecule has 0 saturated carbocycles. The molecule has 0 aliphatic heterocycles. The molecule has 0 fully saturated rings. The predicted octanol–water partition coefficient (Wildman–Crippen LogP) is 2.48. The number of hydrogen-bond donors (Lipinski definition) is 1. The van der Waals surface area contributed by atoms with Crippen molar-refractivity contribution < 1.29 is 0 Å². The summed E-state index contributed by atoms with van der Waals surface area (Å²) < 4.78 is 0. The average molecular weight is 195 g/mol. The quantitative estimate of drug-likeness (QED) is 0.781. The van der Waals surface area contributed by atoms with Gasteiger partial charge in [-0.05, 0) is 36.5 Å². The topological polar surface area (TPSA) is 26.0 Å². The fraction of sp³-hybridized carbons (Fsp3) is 0.455. The van der Waals surface area contributed by atoms with E-state index in [1.54, 1.807) is 0 Å². The summed E-state index contributed by atoms with van der Waals surface area (Å²) in [5.41, 5.74) is 7.11. The van der Waals surface area contributed by atoms with Crippen molar-refractivity contribution in [3.8, 4) is 0 Å². The minimum absolute atomic E-state index is 0.536. The van der Waals surface area contributed by atoms with Crippen molar-refractivity contribution in [1.82, 2.24) is 0 Å². The standard InChI is InChI=1S/C11H17NS/c1-13-8-7-11(9-12)10-5-3-2-4-6-10/h2-6,11H,7-9,12H2,1H3. The molecule has 1 unspecified atom stereocenters. The van der Waals surface area contributed by atoms with E-state index in [0.717, 1.165) is 6.54 Å². The zero-order chi connectivity index (χ0) is 9.52. The molecule has 0 aromatic heterocycles. The van der Waals surface area contributed by atoms with E-state index in [-0.39, 0.29) is 0 Å². The molecule has 2 heteroatoms. The molecule has 0 spiro atoms. The summed E-state index contributed by atoms with van der Waals surface area (Å²) in [6.45, 7) is 0.755. The molecule has 1 nitrogen and oxygen atoms in total. The van der Waals surface area contributed by atoms with E-state index in [1.807, 2.05) is 17.8 Å². The molecular weight excluding hydrogens is 178 g/mol. The van der Waals surface area contributed by atoms with Crippen LogP contribution in [0.25, 0.3) is 0 Å². The molecule has 0 aliphatic carbocycles. The van der Waals surface area contributed by atoms with Gasteiger partial charge in [0.1, 0.15) is 0 Å². The first-order valence-electron chi connectivity index (χ1n) is 4.62. The summed E-state index contributed by atoms with van der Waals surface area (Å²) in [5, 5.41) is 0. The summed E-state index contributed by atoms with van der Waals surface area (Å²) >= 11 is 1.88. The molecule has 0 bridgehead atoms. The third-order valence-corrected chi connectivity index (χ3v) is 2.87. The van der Waals surface area contributed by atoms with E-state index in [4.69, 9.17) is 5.73 Å². The van der Waals surface area contributed by atoms with Crippen LogP contribution in [0.4, 0.5) is 0 Å². The van der Waals surface area contributed by atoms with Gasteiger partial charge in [-0.15, -0.1) is 0 Å². The van der Waals surface area contributed by atoms with Gasteiger partial charge >= 0.3 is 0 Å². The average Bonchev–Trinajstić information content (AvgIpc) is 2.21. The van der Waals surface area contributed by atoms with Gasteiger partial charge in [0, 0.05) is 0 Å². The van der Waals surface area contributed by atoms with Crippen molar-refractivity contribution in [2.24, 2.45) is 5.73 Å². The Morgan fingerprint density at radius 1 is 1.31 bits per heavy atom. The Kier molecular flexibility index (Phi) is 4.94. The summed E-state index contributed by atoms with van der Waals surface area (Å²) in [5.74, 6) is 1.73. The minimum atomic E-state index is 0.536. The second-order valence-electron chi connectivity index (χ2n) is 3.12. The summed E-state index contributed by atoms with van der Waals surface area (Å²) in [6, 6.07) is 10.5. The van der Waals surface area contributed by atoms with Gasteiger partial charge in [0.15, 0.2) is 0 Å². The van der Waals surface area contributed by atoms with Gasteiger partial charge in [0.2, 0.25) is 0 Å². The summed E-state index contributed by atoms with van der Waals surface area (Å²) in [7, 11) is 0. The smallest absolute Gasteiger partial charge is 0.000794 e. The summed E-state index contributed by atoms with van der Waals surface area (Å²) in [6.07, 6.45) is 3.32. The number of rotatable bonds is 5. The molecule has 0 radical (unpaired) electrons. The Hall–Kier alpha value is -0.470. The molecule has 72 valence electrons. The Morgan fingerprint density at radius 2 is 2.00 bits per heavy atom. The normalized spacial score (nSPS) is 12.8. The summed E-state index contributed by atoms with van der Waals surface area (Å²) in [4.78, 5) is 0. The highest BCUT2D eigenvalue weighted by Gasteiger charge is 2.07. The lowest BCUT2D eigenvalue weighted by molar-refractivity contribution is 0.680. The van der Waals surface area contributed by atoms with E-state index < -0.39 is 0 Å². The number of benzene rings is 1. The SMILES string of the molecule is CSCCC(CN)c1ccccc1. The van der Waals surface area contributed by atoms with Crippen LogP contribution in [0.3, 0.4) is 0 Å². The van der Waals surface area contributed by atoms with Gasteiger partial charge in [0.25, 0.3) is 0 Å². The first-order chi connectivity index (χ1) is 6.38. The minimum Gasteiger partial charge on any atom is -0.330 e. The van der Waals surface area contributed by atoms with Crippen LogP contribution in [-0.2, 0) is 0 Å². The molecule has 1 atom stereocenters. The van der Waals surface area contributed by atoms with E-state index in [2.05, 4.69) is 30.5 Å². The monoisotopic (exact) mass is 195 g/mol. The van der Waals surface area contributed by atoms with Crippen LogP contribution < -0.4 is 5.73 Å². The highest BCUT2D eigenvalue weighted by molar-refractivity contribution is 7.98. The van der Waals surface area contributed by atoms with Gasteiger partial charge < -0.3 is 5.73 Å². The molecular formula is C11H17NS. The third-order valence-electron chi connectivity index (χ3n) is 2.23. The van der Waals surface area contributed by atoms with Gasteiger partial charge in [-0.3, -0.25) is 0 Å². The highest BCUT2D eigenvalue weighted by atomic mass is 32.2. The van der Waals surface area contributed by atoms with Crippen molar-refractivity contribution >= 4 is 11.8 Å². The molecule has 0 heterocycles. The molecule has 1 aromatic carbocycles. The van der Waals surface area contributed by atoms with Crippen molar-refractivity contribution in [3.05, 3.63) is 35.9 Å². The third kappa shape index (κ3) is 3.41. The Balaban J connectivity index is 2.56. The first kappa shape index (κ1) is 10.6. The molecule has 1 aromatic rings. The van der Waals surface area contributed by atoms with Gasteiger partial charge in [0.05, 0.1) is 0 Å². The van der Waals surface area contributed by atoms with Crippen molar-refractivity contribution in [2.75, 3.05) is 18.6 Å². The van der Waals surface area contributed by atoms with E-state index in [1.165, 1.54) is 17.7 Å². The van der Waals surface area contributed by atoms with E-state index >= 15 is 0 Å². The lowest BCUT2D eigenvalue weighted by atomic mass is 9.97. The van der Waals surface area contributed by atoms with E-state index in [9.17, 15) is 0 Å². The maximum atomic E-state index is 5.74. The van der Waals surface area contributed by atoms with Crippen molar-refractivity contribution in [1.29, 1.82) is 0 Å². The molecule has 1 rings (SSSR count). The lowest BCUT2D eigenvalue weighted by Gasteiger charge is -2.13. The van der Waals surface area contributed by atoms with Gasteiger partial charge in [-0.1, -0.05) is 30.3 Å². The fourth-order valence-electron chi connectivity index (χ4n) is 1.41. The number of thioether (sulfide) groups is 1. The molecule has 0 aliphatic rings. The van der Waals surface area contributed by atoms with Crippen LogP contribution in [0, 0.1) is 0 Å². The molecule has 0 amide bonds. The Bertz CT molecular complexity index is 223. The van der Waals surface area contributed by atoms with Crippen LogP contribution in [0.2, 0.25) is 0 Å². The van der Waals surface area contributed by atoms with Crippen molar-refractivity contribution in [2.45, 2.75) is 12.3 Å². The van der Waals surface area contributed by atoms with Gasteiger partial charge in [-0.2, -0.15) is 11.8 Å². The fourth-order valence-corrected chi connectivity index (χ4v) is 1.93. The van der Waals surface area contributed by atoms with E-state index in [0.29, 0.717) is 5.92 Å². The predicted molar refractivity (Wildman–Crippen MR) is 61.2 cm³/mol. The maximum Gasteiger partial charge on any atom is -0.000794 e. The number of hydrogen-bond acceptors (Lipinski definition) is 2. The maximum absolute atomic E-state index is 5.74. The van der Waals surface area contributed by atoms with Crippen LogP contribution in [0.15, 0.2) is 30.3 Å². The van der Waals surface area contributed by atoms with Gasteiger partial charge in [-0.25, -0.2) is 0 Å². The number of nitrogens with two attached hydrogens (primary N) is 1. The van der Waals surface area contributed by atoms with Crippen LogP contribution >= 0.6 is 11.8 Å². The van der Waals surface area contributed by atoms with Crippen LogP contribution in [0.5, 0.6) is 0 Å². The molecule has 0 saturated heterocycles. The van der Waals surface area contributed by atoms with Crippen LogP contribution in [0.1, 0.15) is 17.9 Å². The first-order valence-corrected chi connectivity index (χ1v) is 6.01. The van der Waals surface area contributed by atoms with Crippen LogP contribution in [-0.4, -0.2) is 18.6 Å². The molecule has 13 heavy (non-hydrogen) atoms. The Labute approximate surface area is 84.7 Å². The lowest BCUT2D eigenvalue weighted by Crippen LogP contribution is -2.13. The molecule has 2 N–H and O–H groups in total. The second-order valence-corrected chi connectivity index (χ2v) is 4.11. The second kappa shape index (κ2) is 6.06. The zero-order valence-electron chi connectivity index (χ0n) is 8.07.